The van der Waals surface area contributed by atoms with Crippen LogP contribution in [0.25, 0.3) is 0 Å². The summed E-state index contributed by atoms with van der Waals surface area (Å²) >= 11 is 7.31. The molecule has 4 nitrogen and oxygen atoms in total. The molecule has 2 N–H and O–H groups in total. The average Bonchev–Trinajstić information content (AvgIpc) is 2.96. The molecular weight excluding hydrogens is 286 g/mol. The molecule has 1 aliphatic rings. The summed E-state index contributed by atoms with van der Waals surface area (Å²) in [6, 6.07) is 3.61. The molecule has 0 aliphatic heterocycles. The number of nitrogens with one attached hydrogen (secondary N) is 1. The van der Waals surface area contributed by atoms with E-state index < -0.39 is 5.97 Å². The number of carbonyl (C=O) groups excluding carboxylic acids is 1. The summed E-state index contributed by atoms with van der Waals surface area (Å²) in [6.45, 7) is 1.91. The molecule has 2 rings (SSSR count). The zero-order valence-corrected chi connectivity index (χ0v) is 12.1. The third kappa shape index (κ3) is 3.48. The molecule has 0 spiro atoms. The highest BCUT2D eigenvalue weighted by Crippen LogP contribution is 2.32. The first-order valence-corrected chi connectivity index (χ1v) is 7.45. The second-order valence-electron chi connectivity index (χ2n) is 4.92. The van der Waals surface area contributed by atoms with Gasteiger partial charge < -0.3 is 10.4 Å². The van der Waals surface area contributed by atoms with Crippen molar-refractivity contribution in [3.63, 3.8) is 0 Å². The number of hydrogen-bond acceptors (Lipinski definition) is 3. The van der Waals surface area contributed by atoms with Gasteiger partial charge in [-0.2, -0.15) is 0 Å². The van der Waals surface area contributed by atoms with E-state index in [0.29, 0.717) is 23.6 Å². The normalized spacial score (nSPS) is 24.1. The smallest absolute Gasteiger partial charge is 0.306 e. The number of carboxylic acid groups (broad SMARTS) is 1. The van der Waals surface area contributed by atoms with Crippen LogP contribution in [0, 0.1) is 11.8 Å². The molecule has 104 valence electrons. The summed E-state index contributed by atoms with van der Waals surface area (Å²) < 4.78 is 0.697. The first-order valence-electron chi connectivity index (χ1n) is 6.25. The van der Waals surface area contributed by atoms with E-state index in [1.807, 2.05) is 13.0 Å². The third-order valence-electron chi connectivity index (χ3n) is 3.53. The number of halogens is 1. The maximum Gasteiger partial charge on any atom is 0.306 e. The van der Waals surface area contributed by atoms with E-state index in [1.165, 1.54) is 11.3 Å². The zero-order valence-electron chi connectivity index (χ0n) is 10.6. The van der Waals surface area contributed by atoms with Crippen molar-refractivity contribution in [1.82, 2.24) is 5.32 Å². The summed E-state index contributed by atoms with van der Waals surface area (Å²) in [5, 5.41) is 11.9. The maximum absolute atomic E-state index is 12.1. The minimum absolute atomic E-state index is 0.0548. The minimum atomic E-state index is -0.798. The molecule has 0 aromatic carbocycles. The van der Waals surface area contributed by atoms with Gasteiger partial charge in [0.2, 0.25) is 5.91 Å². The monoisotopic (exact) mass is 301 g/mol. The molecule has 1 heterocycles. The van der Waals surface area contributed by atoms with Crippen LogP contribution in [0.2, 0.25) is 4.34 Å². The number of carboxylic acids is 1. The number of thiophene rings is 1. The Labute approximate surface area is 120 Å². The molecule has 1 fully saturated rings. The topological polar surface area (TPSA) is 66.4 Å². The van der Waals surface area contributed by atoms with E-state index >= 15 is 0 Å². The van der Waals surface area contributed by atoms with Gasteiger partial charge in [-0.1, -0.05) is 11.6 Å². The van der Waals surface area contributed by atoms with Crippen molar-refractivity contribution in [3.8, 4) is 0 Å². The SMILES string of the molecule is CC(NC(=O)[C@@H]1CC[C@H](C(=O)O)C1)c1ccc(Cl)s1. The third-order valence-corrected chi connectivity index (χ3v) is 4.95. The average molecular weight is 302 g/mol. The first kappa shape index (κ1) is 14.3. The van der Waals surface area contributed by atoms with Gasteiger partial charge in [-0.15, -0.1) is 11.3 Å². The highest BCUT2D eigenvalue weighted by Gasteiger charge is 2.34. The predicted molar refractivity (Wildman–Crippen MR) is 74.4 cm³/mol. The zero-order chi connectivity index (χ0) is 14.0. The van der Waals surface area contributed by atoms with E-state index in [9.17, 15) is 9.59 Å². The summed E-state index contributed by atoms with van der Waals surface area (Å²) in [5.41, 5.74) is 0. The number of aliphatic carboxylic acids is 1. The molecule has 1 unspecified atom stereocenters. The molecule has 1 aromatic heterocycles. The molecular formula is C13H16ClNO3S. The van der Waals surface area contributed by atoms with Crippen LogP contribution in [0.15, 0.2) is 12.1 Å². The van der Waals surface area contributed by atoms with Crippen LogP contribution in [0.1, 0.15) is 37.1 Å². The van der Waals surface area contributed by atoms with E-state index in [0.717, 1.165) is 4.88 Å². The fourth-order valence-electron chi connectivity index (χ4n) is 2.41. The maximum atomic E-state index is 12.1. The molecule has 19 heavy (non-hydrogen) atoms. The van der Waals surface area contributed by atoms with Gasteiger partial charge in [0.15, 0.2) is 0 Å². The number of amides is 1. The molecule has 1 saturated carbocycles. The Balaban J connectivity index is 1.89. The Morgan fingerprint density at radius 2 is 2.11 bits per heavy atom. The van der Waals surface area contributed by atoms with Crippen LogP contribution < -0.4 is 5.32 Å². The Morgan fingerprint density at radius 1 is 1.42 bits per heavy atom. The largest absolute Gasteiger partial charge is 0.481 e. The van der Waals surface area contributed by atoms with Crippen molar-refractivity contribution in [2.45, 2.75) is 32.2 Å². The quantitative estimate of drug-likeness (QED) is 0.898. The first-order chi connectivity index (χ1) is 8.97. The van der Waals surface area contributed by atoms with E-state index in [1.54, 1.807) is 6.07 Å². The molecule has 0 radical (unpaired) electrons. The van der Waals surface area contributed by atoms with Crippen molar-refractivity contribution in [3.05, 3.63) is 21.3 Å². The Kier molecular flexibility index (Phi) is 4.47. The van der Waals surface area contributed by atoms with Crippen molar-refractivity contribution in [2.24, 2.45) is 11.8 Å². The summed E-state index contributed by atoms with van der Waals surface area (Å²) in [7, 11) is 0. The Hall–Kier alpha value is -1.07. The summed E-state index contributed by atoms with van der Waals surface area (Å²) in [4.78, 5) is 23.9. The molecule has 3 atom stereocenters. The highest BCUT2D eigenvalue weighted by atomic mass is 35.5. The second-order valence-corrected chi connectivity index (χ2v) is 6.66. The van der Waals surface area contributed by atoms with Gasteiger partial charge in [0.1, 0.15) is 0 Å². The van der Waals surface area contributed by atoms with Gasteiger partial charge in [0.05, 0.1) is 16.3 Å². The van der Waals surface area contributed by atoms with Crippen molar-refractivity contribution >= 4 is 34.8 Å². The molecule has 1 aliphatic carbocycles. The van der Waals surface area contributed by atoms with E-state index in [4.69, 9.17) is 16.7 Å². The van der Waals surface area contributed by atoms with Crippen molar-refractivity contribution in [2.75, 3.05) is 0 Å². The van der Waals surface area contributed by atoms with Crippen LogP contribution in [0.3, 0.4) is 0 Å². The second kappa shape index (κ2) is 5.92. The molecule has 1 amide bonds. The van der Waals surface area contributed by atoms with Gasteiger partial charge in [-0.3, -0.25) is 9.59 Å². The Morgan fingerprint density at radius 3 is 2.63 bits per heavy atom. The fraction of sp³-hybridized carbons (Fsp3) is 0.538. The molecule has 0 bridgehead atoms. The van der Waals surface area contributed by atoms with Gasteiger partial charge >= 0.3 is 5.97 Å². The van der Waals surface area contributed by atoms with Gasteiger partial charge in [-0.05, 0) is 38.3 Å². The number of carbonyl (C=O) groups is 2. The van der Waals surface area contributed by atoms with E-state index in [-0.39, 0.29) is 23.8 Å². The molecule has 6 heteroatoms. The number of rotatable bonds is 4. The summed E-state index contributed by atoms with van der Waals surface area (Å²) in [6.07, 6.45) is 1.69. The Bertz CT molecular complexity index is 488. The minimum Gasteiger partial charge on any atom is -0.481 e. The highest BCUT2D eigenvalue weighted by molar-refractivity contribution is 7.16. The summed E-state index contributed by atoms with van der Waals surface area (Å²) in [5.74, 6) is -1.41. The van der Waals surface area contributed by atoms with Crippen LogP contribution in [-0.2, 0) is 9.59 Å². The van der Waals surface area contributed by atoms with Crippen LogP contribution in [0.5, 0.6) is 0 Å². The standard InChI is InChI=1S/C13H16ClNO3S/c1-7(10-4-5-11(14)19-10)15-12(16)8-2-3-9(6-8)13(17)18/h4-5,7-9H,2-3,6H2,1H3,(H,15,16)(H,17,18)/t7?,8-,9+/m1/s1. The van der Waals surface area contributed by atoms with Gasteiger partial charge in [0.25, 0.3) is 0 Å². The van der Waals surface area contributed by atoms with Crippen molar-refractivity contribution < 1.29 is 14.7 Å². The molecule has 0 saturated heterocycles. The lowest BCUT2D eigenvalue weighted by Gasteiger charge is -2.15. The van der Waals surface area contributed by atoms with Crippen LogP contribution in [-0.4, -0.2) is 17.0 Å². The van der Waals surface area contributed by atoms with Crippen molar-refractivity contribution in [1.29, 1.82) is 0 Å². The lowest BCUT2D eigenvalue weighted by molar-refractivity contribution is -0.141. The fourth-order valence-corrected chi connectivity index (χ4v) is 3.47. The lowest BCUT2D eigenvalue weighted by atomic mass is 10.0. The van der Waals surface area contributed by atoms with Gasteiger partial charge in [0, 0.05) is 10.8 Å². The number of hydrogen-bond donors (Lipinski definition) is 2. The predicted octanol–water partition coefficient (Wildman–Crippen LogP) is 3.08. The van der Waals surface area contributed by atoms with Crippen LogP contribution in [0.4, 0.5) is 0 Å². The lowest BCUT2D eigenvalue weighted by Crippen LogP contribution is -2.31. The van der Waals surface area contributed by atoms with Crippen LogP contribution >= 0.6 is 22.9 Å². The van der Waals surface area contributed by atoms with E-state index in [2.05, 4.69) is 5.32 Å². The molecule has 1 aromatic rings. The van der Waals surface area contributed by atoms with Gasteiger partial charge in [-0.25, -0.2) is 0 Å².